The summed E-state index contributed by atoms with van der Waals surface area (Å²) in [7, 11) is 2.95. The molecule has 1 aliphatic rings. The summed E-state index contributed by atoms with van der Waals surface area (Å²) in [5, 5.41) is 11.5. The van der Waals surface area contributed by atoms with E-state index in [9.17, 15) is 19.1 Å². The highest BCUT2D eigenvalue weighted by molar-refractivity contribution is 7.22. The van der Waals surface area contributed by atoms with Crippen LogP contribution in [0.5, 0.6) is 17.2 Å². The summed E-state index contributed by atoms with van der Waals surface area (Å²) in [4.78, 5) is 32.9. The first-order valence-corrected chi connectivity index (χ1v) is 12.5. The summed E-state index contributed by atoms with van der Waals surface area (Å²) in [6.45, 7) is 2.37. The Morgan fingerprint density at radius 2 is 1.76 bits per heavy atom. The van der Waals surface area contributed by atoms with E-state index in [1.165, 1.54) is 42.6 Å². The van der Waals surface area contributed by atoms with E-state index in [2.05, 4.69) is 4.98 Å². The smallest absolute Gasteiger partial charge is 0.301 e. The second kappa shape index (κ2) is 10.1. The van der Waals surface area contributed by atoms with Crippen molar-refractivity contribution in [3.8, 4) is 17.2 Å². The van der Waals surface area contributed by atoms with Crippen molar-refractivity contribution in [2.75, 3.05) is 25.7 Å². The molecular formula is C28H23FN2O6S. The van der Waals surface area contributed by atoms with Crippen molar-refractivity contribution in [3.05, 3.63) is 83.2 Å². The van der Waals surface area contributed by atoms with Crippen molar-refractivity contribution in [2.24, 2.45) is 0 Å². The second-order valence-electron chi connectivity index (χ2n) is 8.34. The van der Waals surface area contributed by atoms with Gasteiger partial charge in [-0.3, -0.25) is 14.5 Å². The molecule has 0 bridgehead atoms. The molecule has 5 rings (SSSR count). The maximum absolute atomic E-state index is 13.6. The van der Waals surface area contributed by atoms with Gasteiger partial charge in [0, 0.05) is 11.1 Å². The molecule has 0 saturated carbocycles. The SMILES string of the molecule is CCOc1ccc2nc(N3C(=O)C(=O)/C(=C(/O)c4ccc(F)cc4)[C@@H]3c3cc(OC)ccc3OC)sc2c1. The topological polar surface area (TPSA) is 98.2 Å². The number of carbonyl (C=O) groups excluding carboxylic acids is 2. The molecule has 194 valence electrons. The number of anilines is 1. The molecule has 4 aromatic rings. The number of benzene rings is 3. The van der Waals surface area contributed by atoms with Crippen LogP contribution < -0.4 is 19.1 Å². The predicted octanol–water partition coefficient (Wildman–Crippen LogP) is 5.48. The van der Waals surface area contributed by atoms with E-state index < -0.39 is 29.3 Å². The lowest BCUT2D eigenvalue weighted by molar-refractivity contribution is -0.132. The number of aliphatic hydroxyl groups is 1. The van der Waals surface area contributed by atoms with Crippen LogP contribution in [-0.2, 0) is 9.59 Å². The highest BCUT2D eigenvalue weighted by Gasteiger charge is 2.49. The predicted molar refractivity (Wildman–Crippen MR) is 142 cm³/mol. The van der Waals surface area contributed by atoms with Gasteiger partial charge in [-0.1, -0.05) is 11.3 Å². The van der Waals surface area contributed by atoms with Gasteiger partial charge in [-0.05, 0) is 67.6 Å². The summed E-state index contributed by atoms with van der Waals surface area (Å²) < 4.78 is 30.9. The molecule has 1 amide bonds. The molecular weight excluding hydrogens is 511 g/mol. The van der Waals surface area contributed by atoms with Crippen molar-refractivity contribution in [2.45, 2.75) is 13.0 Å². The maximum Gasteiger partial charge on any atom is 0.301 e. The minimum absolute atomic E-state index is 0.178. The largest absolute Gasteiger partial charge is 0.507 e. The molecule has 1 fully saturated rings. The molecule has 1 aliphatic heterocycles. The third-order valence-corrected chi connectivity index (χ3v) is 7.18. The lowest BCUT2D eigenvalue weighted by atomic mass is 9.94. The zero-order valence-corrected chi connectivity index (χ0v) is 21.5. The zero-order chi connectivity index (χ0) is 27.0. The fraction of sp³-hybridized carbons (Fsp3) is 0.179. The van der Waals surface area contributed by atoms with E-state index in [0.29, 0.717) is 34.9 Å². The quantitative estimate of drug-likeness (QED) is 0.191. The van der Waals surface area contributed by atoms with Crippen LogP contribution in [0.1, 0.15) is 24.1 Å². The fourth-order valence-corrected chi connectivity index (χ4v) is 5.41. The molecule has 3 aromatic carbocycles. The van der Waals surface area contributed by atoms with Gasteiger partial charge in [0.25, 0.3) is 5.78 Å². The summed E-state index contributed by atoms with van der Waals surface area (Å²) >= 11 is 1.21. The van der Waals surface area contributed by atoms with Gasteiger partial charge in [-0.2, -0.15) is 0 Å². The first-order valence-electron chi connectivity index (χ1n) is 11.7. The van der Waals surface area contributed by atoms with Gasteiger partial charge in [-0.15, -0.1) is 0 Å². The van der Waals surface area contributed by atoms with Gasteiger partial charge in [-0.25, -0.2) is 9.37 Å². The summed E-state index contributed by atoms with van der Waals surface area (Å²) in [5.74, 6) is -1.25. The number of ether oxygens (including phenoxy) is 3. The Hall–Kier alpha value is -4.44. The Kier molecular flexibility index (Phi) is 6.73. The second-order valence-corrected chi connectivity index (χ2v) is 9.35. The van der Waals surface area contributed by atoms with Crippen LogP contribution in [-0.4, -0.2) is 42.6 Å². The normalized spacial score (nSPS) is 16.7. The molecule has 1 aromatic heterocycles. The maximum atomic E-state index is 13.6. The minimum Gasteiger partial charge on any atom is -0.507 e. The van der Waals surface area contributed by atoms with Gasteiger partial charge in [0.1, 0.15) is 34.9 Å². The van der Waals surface area contributed by atoms with Crippen molar-refractivity contribution in [1.29, 1.82) is 0 Å². The van der Waals surface area contributed by atoms with Crippen LogP contribution in [0.25, 0.3) is 16.0 Å². The number of nitrogens with zero attached hydrogens (tertiary/aromatic N) is 2. The van der Waals surface area contributed by atoms with Gasteiger partial charge in [0.15, 0.2) is 5.13 Å². The zero-order valence-electron chi connectivity index (χ0n) is 20.7. The van der Waals surface area contributed by atoms with Crippen LogP contribution in [0.4, 0.5) is 9.52 Å². The van der Waals surface area contributed by atoms with Gasteiger partial charge >= 0.3 is 5.91 Å². The number of aromatic nitrogens is 1. The summed E-state index contributed by atoms with van der Waals surface area (Å²) in [6, 6.07) is 14.2. The first-order chi connectivity index (χ1) is 18.4. The van der Waals surface area contributed by atoms with Crippen molar-refractivity contribution in [1.82, 2.24) is 4.98 Å². The lowest BCUT2D eigenvalue weighted by Gasteiger charge is -2.25. The fourth-order valence-electron chi connectivity index (χ4n) is 4.39. The molecule has 8 nitrogen and oxygen atoms in total. The van der Waals surface area contributed by atoms with Gasteiger partial charge < -0.3 is 19.3 Å². The molecule has 1 saturated heterocycles. The highest BCUT2D eigenvalue weighted by Crippen LogP contribution is 2.47. The minimum atomic E-state index is -1.10. The number of halogens is 1. The van der Waals surface area contributed by atoms with Gasteiger partial charge in [0.05, 0.1) is 36.6 Å². The van der Waals surface area contributed by atoms with E-state index in [-0.39, 0.29) is 16.3 Å². The van der Waals surface area contributed by atoms with Crippen LogP contribution in [0.2, 0.25) is 0 Å². The third kappa shape index (κ3) is 4.32. The molecule has 1 N–H and O–H groups in total. The van der Waals surface area contributed by atoms with Crippen LogP contribution in [0.15, 0.2) is 66.2 Å². The monoisotopic (exact) mass is 534 g/mol. The Balaban J connectivity index is 1.75. The Labute approximate surface area is 221 Å². The average molecular weight is 535 g/mol. The highest BCUT2D eigenvalue weighted by atomic mass is 32.1. The van der Waals surface area contributed by atoms with Crippen molar-refractivity contribution >= 4 is 44.1 Å². The molecule has 1 atom stereocenters. The molecule has 2 heterocycles. The van der Waals surface area contributed by atoms with E-state index in [1.54, 1.807) is 30.3 Å². The molecule has 38 heavy (non-hydrogen) atoms. The molecule has 0 aliphatic carbocycles. The number of methoxy groups -OCH3 is 2. The van der Waals surface area contributed by atoms with Crippen LogP contribution >= 0.6 is 11.3 Å². The standard InChI is InChI=1S/C28H23FN2O6S/c1-4-37-18-9-11-20-22(14-18)38-28(30-20)31-24(19-13-17(35-2)10-12-21(19)36-3)23(26(33)27(31)34)25(32)15-5-7-16(29)8-6-15/h5-14,24,32H,4H2,1-3H3/b25-23+/t24-/m0/s1. The Morgan fingerprint density at radius 3 is 2.45 bits per heavy atom. The Morgan fingerprint density at radius 1 is 1.03 bits per heavy atom. The number of ketones is 1. The number of hydrogen-bond acceptors (Lipinski definition) is 8. The van der Waals surface area contributed by atoms with Crippen molar-refractivity contribution < 1.29 is 33.3 Å². The van der Waals surface area contributed by atoms with Crippen LogP contribution in [0.3, 0.4) is 0 Å². The van der Waals surface area contributed by atoms with E-state index in [0.717, 1.165) is 16.8 Å². The Bertz CT molecular complexity index is 1580. The summed E-state index contributed by atoms with van der Waals surface area (Å²) in [6.07, 6.45) is 0. The lowest BCUT2D eigenvalue weighted by Crippen LogP contribution is -2.29. The molecule has 0 spiro atoms. The number of Topliss-reactive ketones (excluding diaryl/α,β-unsaturated/α-hetero) is 1. The third-order valence-electron chi connectivity index (χ3n) is 6.16. The number of amides is 1. The van der Waals surface area contributed by atoms with E-state index in [4.69, 9.17) is 14.2 Å². The number of carbonyl (C=O) groups is 2. The number of rotatable bonds is 7. The van der Waals surface area contributed by atoms with E-state index in [1.807, 2.05) is 13.0 Å². The number of fused-ring (bicyclic) bond motifs is 1. The summed E-state index contributed by atoms with van der Waals surface area (Å²) in [5.41, 5.74) is 1.03. The van der Waals surface area contributed by atoms with Crippen molar-refractivity contribution in [3.63, 3.8) is 0 Å². The first kappa shape index (κ1) is 25.2. The molecule has 10 heteroatoms. The molecule has 0 radical (unpaired) electrons. The molecule has 0 unspecified atom stereocenters. The number of thiazole rings is 1. The number of hydrogen-bond donors (Lipinski definition) is 1. The van der Waals surface area contributed by atoms with E-state index >= 15 is 0 Å². The van der Waals surface area contributed by atoms with Gasteiger partial charge in [0.2, 0.25) is 0 Å². The number of aliphatic hydroxyl groups excluding tert-OH is 1. The van der Waals surface area contributed by atoms with Crippen LogP contribution in [0, 0.1) is 5.82 Å². The average Bonchev–Trinajstić information content (AvgIpc) is 3.46.